The number of hydrogen-bond donors (Lipinski definition) is 1. The molecule has 28 heavy (non-hydrogen) atoms. The highest BCUT2D eigenvalue weighted by molar-refractivity contribution is 5.13. The van der Waals surface area contributed by atoms with E-state index in [4.69, 9.17) is 14.6 Å². The van der Waals surface area contributed by atoms with Crippen molar-refractivity contribution in [3.63, 3.8) is 0 Å². The van der Waals surface area contributed by atoms with Crippen LogP contribution in [0.2, 0.25) is 0 Å². The molecule has 1 aliphatic heterocycles. The molecule has 0 saturated carbocycles. The average Bonchev–Trinajstić information content (AvgIpc) is 3.19. The van der Waals surface area contributed by atoms with Gasteiger partial charge in [0.15, 0.2) is 0 Å². The van der Waals surface area contributed by atoms with E-state index >= 15 is 0 Å². The summed E-state index contributed by atoms with van der Waals surface area (Å²) in [4.78, 5) is 0. The Labute approximate surface area is 172 Å². The first-order valence-electron chi connectivity index (χ1n) is 11.7. The van der Waals surface area contributed by atoms with Crippen LogP contribution in [0.15, 0.2) is 30.3 Å². The molecule has 1 aromatic rings. The minimum Gasteiger partial charge on any atom is -0.396 e. The first-order valence-corrected chi connectivity index (χ1v) is 11.7. The van der Waals surface area contributed by atoms with Crippen LogP contribution >= 0.6 is 0 Å². The van der Waals surface area contributed by atoms with Gasteiger partial charge in [0.05, 0.1) is 24.9 Å². The second-order valence-corrected chi connectivity index (χ2v) is 8.34. The van der Waals surface area contributed by atoms with Crippen molar-refractivity contribution in [1.82, 2.24) is 0 Å². The Hall–Kier alpha value is -0.900. The third-order valence-electron chi connectivity index (χ3n) is 5.89. The zero-order valence-electron chi connectivity index (χ0n) is 18.0. The summed E-state index contributed by atoms with van der Waals surface area (Å²) >= 11 is 0. The topological polar surface area (TPSA) is 38.7 Å². The van der Waals surface area contributed by atoms with Crippen LogP contribution in [-0.2, 0) is 16.1 Å². The summed E-state index contributed by atoms with van der Waals surface area (Å²) in [5.74, 6) is 0. The second-order valence-electron chi connectivity index (χ2n) is 8.34. The van der Waals surface area contributed by atoms with Crippen molar-refractivity contribution in [2.24, 2.45) is 0 Å². The number of rotatable bonds is 16. The van der Waals surface area contributed by atoms with Crippen LogP contribution in [0.4, 0.5) is 0 Å². The van der Waals surface area contributed by atoms with Gasteiger partial charge < -0.3 is 14.6 Å². The number of benzene rings is 1. The SMILES string of the molecule is CCCCCCCC[C@H](OCc1ccccc1)[C@@H]1CC[C@@H](CCCCCO)O1. The van der Waals surface area contributed by atoms with Gasteiger partial charge in [-0.1, -0.05) is 88.6 Å². The molecule has 1 aromatic carbocycles. The third-order valence-corrected chi connectivity index (χ3v) is 5.89. The molecule has 0 aliphatic carbocycles. The smallest absolute Gasteiger partial charge is 0.0841 e. The molecule has 160 valence electrons. The van der Waals surface area contributed by atoms with Gasteiger partial charge in [-0.15, -0.1) is 0 Å². The molecule has 1 saturated heterocycles. The van der Waals surface area contributed by atoms with Crippen LogP contribution in [0, 0.1) is 0 Å². The molecular weight excluding hydrogens is 348 g/mol. The lowest BCUT2D eigenvalue weighted by molar-refractivity contribution is -0.0804. The fraction of sp³-hybridized carbons (Fsp3) is 0.760. The van der Waals surface area contributed by atoms with Crippen molar-refractivity contribution in [2.45, 2.75) is 115 Å². The van der Waals surface area contributed by atoms with Crippen LogP contribution in [0.1, 0.15) is 96.0 Å². The van der Waals surface area contributed by atoms with Gasteiger partial charge in [0.25, 0.3) is 0 Å². The summed E-state index contributed by atoms with van der Waals surface area (Å²) in [6, 6.07) is 10.5. The Morgan fingerprint density at radius 3 is 2.50 bits per heavy atom. The normalized spacial score (nSPS) is 20.5. The first-order chi connectivity index (χ1) is 13.8. The molecule has 1 fully saturated rings. The van der Waals surface area contributed by atoms with Crippen LogP contribution in [0.25, 0.3) is 0 Å². The molecule has 3 nitrogen and oxygen atoms in total. The molecule has 3 heteroatoms. The minimum absolute atomic E-state index is 0.217. The number of aliphatic hydroxyl groups is 1. The summed E-state index contributed by atoms with van der Waals surface area (Å²) < 4.78 is 12.8. The highest BCUT2D eigenvalue weighted by atomic mass is 16.5. The highest BCUT2D eigenvalue weighted by Crippen LogP contribution is 2.29. The fourth-order valence-corrected chi connectivity index (χ4v) is 4.16. The van der Waals surface area contributed by atoms with E-state index in [2.05, 4.69) is 37.3 Å². The van der Waals surface area contributed by atoms with E-state index in [1.165, 1.54) is 44.1 Å². The summed E-state index contributed by atoms with van der Waals surface area (Å²) in [5.41, 5.74) is 1.24. The van der Waals surface area contributed by atoms with Gasteiger partial charge in [0.2, 0.25) is 0 Å². The summed E-state index contributed by atoms with van der Waals surface area (Å²) in [6.07, 6.45) is 16.5. The lowest BCUT2D eigenvalue weighted by Crippen LogP contribution is -2.29. The van der Waals surface area contributed by atoms with Gasteiger partial charge in [0, 0.05) is 6.61 Å². The maximum atomic E-state index is 8.93. The van der Waals surface area contributed by atoms with Crippen molar-refractivity contribution >= 4 is 0 Å². The molecule has 0 bridgehead atoms. The maximum Gasteiger partial charge on any atom is 0.0841 e. The number of hydrogen-bond acceptors (Lipinski definition) is 3. The van der Waals surface area contributed by atoms with E-state index in [-0.39, 0.29) is 12.2 Å². The van der Waals surface area contributed by atoms with Crippen molar-refractivity contribution in [3.8, 4) is 0 Å². The standard InChI is InChI=1S/C25H42O3/c1-2-3-4-5-6-12-17-24(27-21-22-14-9-7-10-15-22)25-19-18-23(28-25)16-11-8-13-20-26/h7,9-10,14-15,23-26H,2-6,8,11-13,16-21H2,1H3/t23-,24+,25+/m1/s1. The predicted molar refractivity (Wildman–Crippen MR) is 116 cm³/mol. The van der Waals surface area contributed by atoms with Crippen LogP contribution in [-0.4, -0.2) is 30.0 Å². The summed E-state index contributed by atoms with van der Waals surface area (Å²) in [5, 5.41) is 8.93. The largest absolute Gasteiger partial charge is 0.396 e. The Morgan fingerprint density at radius 2 is 1.71 bits per heavy atom. The van der Waals surface area contributed by atoms with Crippen LogP contribution in [0.5, 0.6) is 0 Å². The highest BCUT2D eigenvalue weighted by Gasteiger charge is 2.31. The number of unbranched alkanes of at least 4 members (excludes halogenated alkanes) is 7. The van der Waals surface area contributed by atoms with Crippen molar-refractivity contribution < 1.29 is 14.6 Å². The van der Waals surface area contributed by atoms with Crippen molar-refractivity contribution in [2.75, 3.05) is 6.61 Å². The van der Waals surface area contributed by atoms with Crippen molar-refractivity contribution in [3.05, 3.63) is 35.9 Å². The molecule has 0 spiro atoms. The second kappa shape index (κ2) is 15.0. The zero-order valence-corrected chi connectivity index (χ0v) is 18.0. The maximum absolute atomic E-state index is 8.93. The lowest BCUT2D eigenvalue weighted by Gasteiger charge is -2.25. The molecule has 2 rings (SSSR count). The van der Waals surface area contributed by atoms with Gasteiger partial charge in [0.1, 0.15) is 0 Å². The fourth-order valence-electron chi connectivity index (χ4n) is 4.16. The van der Waals surface area contributed by atoms with E-state index < -0.39 is 0 Å². The van der Waals surface area contributed by atoms with Gasteiger partial charge >= 0.3 is 0 Å². The van der Waals surface area contributed by atoms with Crippen LogP contribution < -0.4 is 0 Å². The Morgan fingerprint density at radius 1 is 0.964 bits per heavy atom. The number of aliphatic hydroxyl groups excluding tert-OH is 1. The molecule has 1 aliphatic rings. The average molecular weight is 391 g/mol. The Balaban J connectivity index is 1.76. The molecular formula is C25H42O3. The Bertz CT molecular complexity index is 476. The van der Waals surface area contributed by atoms with Crippen molar-refractivity contribution in [1.29, 1.82) is 0 Å². The molecule has 0 radical (unpaired) electrons. The van der Waals surface area contributed by atoms with Gasteiger partial charge in [-0.25, -0.2) is 0 Å². The molecule has 3 atom stereocenters. The third kappa shape index (κ3) is 9.54. The first kappa shape index (κ1) is 23.4. The number of ether oxygens (including phenoxy) is 2. The molecule has 1 N–H and O–H groups in total. The van der Waals surface area contributed by atoms with Gasteiger partial charge in [-0.3, -0.25) is 0 Å². The lowest BCUT2D eigenvalue weighted by atomic mass is 10.0. The van der Waals surface area contributed by atoms with E-state index in [1.54, 1.807) is 0 Å². The monoisotopic (exact) mass is 390 g/mol. The summed E-state index contributed by atoms with van der Waals surface area (Å²) in [6.45, 7) is 3.26. The van der Waals surface area contributed by atoms with Gasteiger partial charge in [-0.2, -0.15) is 0 Å². The van der Waals surface area contributed by atoms with E-state index in [9.17, 15) is 0 Å². The van der Waals surface area contributed by atoms with E-state index in [0.717, 1.165) is 44.9 Å². The summed E-state index contributed by atoms with van der Waals surface area (Å²) in [7, 11) is 0. The molecule has 0 aromatic heterocycles. The van der Waals surface area contributed by atoms with E-state index in [0.29, 0.717) is 19.3 Å². The van der Waals surface area contributed by atoms with E-state index in [1.807, 2.05) is 0 Å². The zero-order chi connectivity index (χ0) is 19.9. The Kier molecular flexibility index (Phi) is 12.5. The van der Waals surface area contributed by atoms with Gasteiger partial charge in [-0.05, 0) is 37.7 Å². The van der Waals surface area contributed by atoms with Crippen LogP contribution in [0.3, 0.4) is 0 Å². The molecule has 0 amide bonds. The minimum atomic E-state index is 0.217. The quantitative estimate of drug-likeness (QED) is 0.331. The molecule has 1 heterocycles. The molecule has 0 unspecified atom stereocenters. The predicted octanol–water partition coefficient (Wildman–Crippen LogP) is 6.42.